The fourth-order valence-electron chi connectivity index (χ4n) is 1.05. The largest absolute Gasteiger partial charge is 0.322 e. The van der Waals surface area contributed by atoms with Crippen molar-refractivity contribution < 1.29 is 0 Å². The molecular formula is C8H9N3S2. The second-order valence-corrected chi connectivity index (χ2v) is 4.35. The summed E-state index contributed by atoms with van der Waals surface area (Å²) in [6, 6.07) is -0.0163. The molecule has 2 aromatic rings. The summed E-state index contributed by atoms with van der Waals surface area (Å²) in [5, 5.41) is 5.02. The highest BCUT2D eigenvalue weighted by Gasteiger charge is 2.09. The van der Waals surface area contributed by atoms with E-state index < -0.39 is 0 Å². The Kier molecular flexibility index (Phi) is 2.68. The molecule has 0 saturated carbocycles. The van der Waals surface area contributed by atoms with Crippen molar-refractivity contribution in [2.75, 3.05) is 0 Å². The third-order valence-electron chi connectivity index (χ3n) is 1.71. The van der Waals surface area contributed by atoms with Gasteiger partial charge in [-0.3, -0.25) is 0 Å². The maximum atomic E-state index is 5.94. The molecule has 0 aliphatic carbocycles. The van der Waals surface area contributed by atoms with Crippen LogP contribution in [0.1, 0.15) is 16.7 Å². The van der Waals surface area contributed by atoms with Gasteiger partial charge in [-0.25, -0.2) is 9.97 Å². The van der Waals surface area contributed by atoms with Crippen LogP contribution in [-0.4, -0.2) is 9.97 Å². The maximum Gasteiger partial charge on any atom is 0.0944 e. The summed E-state index contributed by atoms with van der Waals surface area (Å²) in [5.41, 5.74) is 8.70. The van der Waals surface area contributed by atoms with Gasteiger partial charge in [-0.1, -0.05) is 0 Å². The van der Waals surface area contributed by atoms with Gasteiger partial charge >= 0.3 is 0 Å². The van der Waals surface area contributed by atoms with Crippen LogP contribution >= 0.6 is 22.7 Å². The van der Waals surface area contributed by atoms with Gasteiger partial charge in [-0.15, -0.1) is 22.7 Å². The van der Waals surface area contributed by atoms with Gasteiger partial charge in [0.1, 0.15) is 0 Å². The summed E-state index contributed by atoms with van der Waals surface area (Å²) in [6.07, 6.45) is 2.58. The molecule has 0 spiro atoms. The van der Waals surface area contributed by atoms with Crippen LogP contribution in [0.3, 0.4) is 0 Å². The molecule has 0 aliphatic rings. The van der Waals surface area contributed by atoms with Crippen LogP contribution in [0.2, 0.25) is 0 Å². The molecule has 5 heteroatoms. The van der Waals surface area contributed by atoms with E-state index in [0.717, 1.165) is 17.1 Å². The number of aromatic nitrogens is 2. The average Bonchev–Trinajstić information content (AvgIpc) is 2.74. The highest BCUT2D eigenvalue weighted by Crippen LogP contribution is 2.16. The molecule has 1 atom stereocenters. The fourth-order valence-corrected chi connectivity index (χ4v) is 2.35. The molecule has 0 amide bonds. The molecule has 2 N–H and O–H groups in total. The van der Waals surface area contributed by atoms with Crippen LogP contribution in [0.4, 0.5) is 0 Å². The average molecular weight is 211 g/mol. The number of nitrogens with zero attached hydrogens (tertiary/aromatic N) is 2. The number of nitrogens with two attached hydrogens (primary N) is 1. The van der Waals surface area contributed by atoms with Crippen LogP contribution in [0.25, 0.3) is 0 Å². The van der Waals surface area contributed by atoms with Crippen LogP contribution in [0.5, 0.6) is 0 Å². The van der Waals surface area contributed by atoms with Gasteiger partial charge in [0.2, 0.25) is 0 Å². The summed E-state index contributed by atoms with van der Waals surface area (Å²) in [5.74, 6) is 0. The molecule has 0 bridgehead atoms. The van der Waals surface area contributed by atoms with E-state index in [1.165, 1.54) is 0 Å². The molecule has 3 nitrogen and oxygen atoms in total. The van der Waals surface area contributed by atoms with Gasteiger partial charge in [0.15, 0.2) is 0 Å². The smallest absolute Gasteiger partial charge is 0.0944 e. The van der Waals surface area contributed by atoms with Crippen molar-refractivity contribution in [1.82, 2.24) is 9.97 Å². The Morgan fingerprint density at radius 2 is 2.38 bits per heavy atom. The van der Waals surface area contributed by atoms with Gasteiger partial charge in [-0.05, 0) is 0 Å². The summed E-state index contributed by atoms with van der Waals surface area (Å²) in [6.45, 7) is 0. The third kappa shape index (κ3) is 2.12. The third-order valence-corrected chi connectivity index (χ3v) is 3.12. The van der Waals surface area contributed by atoms with E-state index in [2.05, 4.69) is 9.97 Å². The molecule has 13 heavy (non-hydrogen) atoms. The molecule has 0 aromatic carbocycles. The van der Waals surface area contributed by atoms with Gasteiger partial charge in [-0.2, -0.15) is 0 Å². The van der Waals surface area contributed by atoms with Crippen LogP contribution in [0.15, 0.2) is 22.5 Å². The Morgan fingerprint density at radius 1 is 1.46 bits per heavy atom. The van der Waals surface area contributed by atoms with Gasteiger partial charge in [0, 0.05) is 23.4 Å². The number of thiazole rings is 2. The minimum atomic E-state index is -0.0163. The molecule has 0 saturated heterocycles. The van der Waals surface area contributed by atoms with Crippen molar-refractivity contribution in [3.8, 4) is 0 Å². The van der Waals surface area contributed by atoms with E-state index in [1.54, 1.807) is 34.4 Å². The van der Waals surface area contributed by atoms with Gasteiger partial charge < -0.3 is 5.73 Å². The lowest BCUT2D eigenvalue weighted by Crippen LogP contribution is -2.13. The number of hydrogen-bond acceptors (Lipinski definition) is 5. The maximum absolute atomic E-state index is 5.94. The monoisotopic (exact) mass is 211 g/mol. The van der Waals surface area contributed by atoms with Crippen molar-refractivity contribution in [2.24, 2.45) is 5.73 Å². The van der Waals surface area contributed by atoms with Crippen LogP contribution in [0, 0.1) is 0 Å². The zero-order valence-corrected chi connectivity index (χ0v) is 8.52. The molecule has 2 heterocycles. The molecular weight excluding hydrogens is 202 g/mol. The Bertz CT molecular complexity index is 341. The molecule has 0 radical (unpaired) electrons. The molecule has 2 aromatic heterocycles. The zero-order chi connectivity index (χ0) is 9.10. The van der Waals surface area contributed by atoms with Crippen molar-refractivity contribution in [2.45, 2.75) is 12.5 Å². The van der Waals surface area contributed by atoms with Crippen molar-refractivity contribution in [1.29, 1.82) is 0 Å². The molecule has 68 valence electrons. The highest BCUT2D eigenvalue weighted by atomic mass is 32.1. The minimum Gasteiger partial charge on any atom is -0.322 e. The lowest BCUT2D eigenvalue weighted by molar-refractivity contribution is 0.698. The summed E-state index contributed by atoms with van der Waals surface area (Å²) in [4.78, 5) is 8.35. The predicted molar refractivity (Wildman–Crippen MR) is 54.9 cm³/mol. The zero-order valence-electron chi connectivity index (χ0n) is 6.88. The Hall–Kier alpha value is -0.780. The van der Waals surface area contributed by atoms with E-state index >= 15 is 0 Å². The first-order valence-electron chi connectivity index (χ1n) is 3.88. The molecule has 0 fully saturated rings. The molecule has 1 unspecified atom stereocenters. The lowest BCUT2D eigenvalue weighted by atomic mass is 10.2. The lowest BCUT2D eigenvalue weighted by Gasteiger charge is -2.04. The van der Waals surface area contributed by atoms with Crippen molar-refractivity contribution >= 4 is 22.7 Å². The van der Waals surface area contributed by atoms with E-state index in [0.29, 0.717) is 0 Å². The van der Waals surface area contributed by atoms with E-state index in [1.807, 2.05) is 10.8 Å². The fraction of sp³-hybridized carbons (Fsp3) is 0.250. The number of rotatable bonds is 3. The second kappa shape index (κ2) is 3.95. The summed E-state index contributed by atoms with van der Waals surface area (Å²) in [7, 11) is 0. The quantitative estimate of drug-likeness (QED) is 0.842. The number of hydrogen-bond donors (Lipinski definition) is 1. The highest BCUT2D eigenvalue weighted by molar-refractivity contribution is 7.09. The normalized spacial score (nSPS) is 13.0. The first-order chi connectivity index (χ1) is 6.36. The van der Waals surface area contributed by atoms with E-state index in [-0.39, 0.29) is 6.04 Å². The van der Waals surface area contributed by atoms with Crippen molar-refractivity contribution in [3.63, 3.8) is 0 Å². The summed E-state index contributed by atoms with van der Waals surface area (Å²) < 4.78 is 0. The van der Waals surface area contributed by atoms with Crippen molar-refractivity contribution in [3.05, 3.63) is 33.2 Å². The van der Waals surface area contributed by atoms with E-state index in [9.17, 15) is 0 Å². The Morgan fingerprint density at radius 3 is 3.00 bits per heavy atom. The molecule has 2 rings (SSSR count). The first-order valence-corrected chi connectivity index (χ1v) is 5.70. The second-order valence-electron chi connectivity index (χ2n) is 2.65. The topological polar surface area (TPSA) is 51.8 Å². The SMILES string of the molecule is NC(Cc1nccs1)c1cscn1. The van der Waals surface area contributed by atoms with Crippen LogP contribution in [-0.2, 0) is 6.42 Å². The van der Waals surface area contributed by atoms with E-state index in [4.69, 9.17) is 5.73 Å². The summed E-state index contributed by atoms with van der Waals surface area (Å²) >= 11 is 3.21. The molecule has 0 aliphatic heterocycles. The predicted octanol–water partition coefficient (Wildman–Crippen LogP) is 1.84. The Labute approximate surface area is 84.3 Å². The standard InChI is InChI=1S/C8H9N3S2/c9-6(7-4-12-5-11-7)3-8-10-1-2-13-8/h1-2,4-6H,3,9H2. The first kappa shape index (κ1) is 8.80. The Balaban J connectivity index is 2.04. The van der Waals surface area contributed by atoms with Gasteiger partial charge in [0.25, 0.3) is 0 Å². The van der Waals surface area contributed by atoms with Crippen LogP contribution < -0.4 is 5.73 Å². The minimum absolute atomic E-state index is 0.0163. The van der Waals surface area contributed by atoms with Gasteiger partial charge in [0.05, 0.1) is 22.3 Å².